The summed E-state index contributed by atoms with van der Waals surface area (Å²) in [5.74, 6) is 0.978. The Kier molecular flexibility index (Phi) is 7.95. The molecule has 1 aromatic carbocycles. The summed E-state index contributed by atoms with van der Waals surface area (Å²) in [5.41, 5.74) is 1.91. The van der Waals surface area contributed by atoms with Crippen LogP contribution >= 0.6 is 11.8 Å². The number of rotatable bonds is 8. The summed E-state index contributed by atoms with van der Waals surface area (Å²) in [6.07, 6.45) is 2.77. The van der Waals surface area contributed by atoms with Gasteiger partial charge in [0.25, 0.3) is 0 Å². The molecule has 7 heteroatoms. The van der Waals surface area contributed by atoms with Crippen LogP contribution in [0, 0.1) is 0 Å². The lowest BCUT2D eigenvalue weighted by Crippen LogP contribution is -2.42. The lowest BCUT2D eigenvalue weighted by Gasteiger charge is -2.26. The molecular weight excluding hydrogens is 360 g/mol. The average Bonchev–Trinajstić information content (AvgIpc) is 2.71. The van der Waals surface area contributed by atoms with E-state index in [0.29, 0.717) is 6.54 Å². The van der Waals surface area contributed by atoms with Gasteiger partial charge in [-0.25, -0.2) is 4.79 Å². The maximum atomic E-state index is 12.0. The number of carbonyl (C=O) groups excluding carboxylic acids is 1. The quantitative estimate of drug-likeness (QED) is 0.683. The highest BCUT2D eigenvalue weighted by Crippen LogP contribution is 2.21. The number of thioether (sulfide) groups is 1. The SMILES string of the molecule is O=C(NCCN1CCOCC1)Nc1ccc(SCCc2ccccn2)cc1. The fourth-order valence-corrected chi connectivity index (χ4v) is 3.66. The van der Waals surface area contributed by atoms with Crippen LogP contribution in [0.5, 0.6) is 0 Å². The fourth-order valence-electron chi connectivity index (χ4n) is 2.78. The van der Waals surface area contributed by atoms with E-state index in [1.165, 1.54) is 4.90 Å². The van der Waals surface area contributed by atoms with Gasteiger partial charge in [-0.05, 0) is 42.8 Å². The minimum Gasteiger partial charge on any atom is -0.379 e. The minimum atomic E-state index is -0.168. The fraction of sp³-hybridized carbons (Fsp3) is 0.400. The van der Waals surface area contributed by atoms with Gasteiger partial charge in [0, 0.05) is 54.4 Å². The van der Waals surface area contributed by atoms with Gasteiger partial charge in [0.15, 0.2) is 0 Å². The number of ether oxygens (including phenoxy) is 1. The Morgan fingerprint density at radius 3 is 2.70 bits per heavy atom. The van der Waals surface area contributed by atoms with Gasteiger partial charge >= 0.3 is 6.03 Å². The molecule has 1 aliphatic rings. The largest absolute Gasteiger partial charge is 0.379 e. The number of urea groups is 1. The number of carbonyl (C=O) groups is 1. The molecule has 0 radical (unpaired) electrons. The van der Waals surface area contributed by atoms with Crippen LogP contribution in [-0.4, -0.2) is 61.1 Å². The molecular formula is C20H26N4O2S. The number of nitrogens with one attached hydrogen (secondary N) is 2. The van der Waals surface area contributed by atoms with Gasteiger partial charge in [0.1, 0.15) is 0 Å². The van der Waals surface area contributed by atoms with Crippen molar-refractivity contribution in [3.63, 3.8) is 0 Å². The Hall–Kier alpha value is -2.09. The smallest absolute Gasteiger partial charge is 0.319 e. The van der Waals surface area contributed by atoms with E-state index in [-0.39, 0.29) is 6.03 Å². The Balaban J connectivity index is 1.33. The van der Waals surface area contributed by atoms with Crippen LogP contribution in [0.4, 0.5) is 10.5 Å². The Labute approximate surface area is 164 Å². The molecule has 0 unspecified atom stereocenters. The van der Waals surface area contributed by atoms with Gasteiger partial charge in [-0.3, -0.25) is 9.88 Å². The molecule has 2 aromatic rings. The highest BCUT2D eigenvalue weighted by molar-refractivity contribution is 7.99. The van der Waals surface area contributed by atoms with E-state index >= 15 is 0 Å². The van der Waals surface area contributed by atoms with Crippen LogP contribution in [0.1, 0.15) is 5.69 Å². The van der Waals surface area contributed by atoms with E-state index in [4.69, 9.17) is 4.74 Å². The van der Waals surface area contributed by atoms with Gasteiger partial charge in [-0.2, -0.15) is 0 Å². The van der Waals surface area contributed by atoms with Crippen molar-refractivity contribution in [2.45, 2.75) is 11.3 Å². The molecule has 1 aromatic heterocycles. The molecule has 2 heterocycles. The standard InChI is InChI=1S/C20H26N4O2S/c25-20(22-10-11-24-12-14-26-15-13-24)23-18-4-6-19(7-5-18)27-16-8-17-3-1-2-9-21-17/h1-7,9H,8,10-16H2,(H2,22,23,25). The highest BCUT2D eigenvalue weighted by Gasteiger charge is 2.10. The van der Waals surface area contributed by atoms with Gasteiger partial charge in [0.05, 0.1) is 13.2 Å². The van der Waals surface area contributed by atoms with Crippen molar-refractivity contribution in [2.75, 3.05) is 50.5 Å². The molecule has 2 N–H and O–H groups in total. The predicted octanol–water partition coefficient (Wildman–Crippen LogP) is 2.87. The second-order valence-electron chi connectivity index (χ2n) is 6.28. The van der Waals surface area contributed by atoms with Crippen molar-refractivity contribution in [1.29, 1.82) is 0 Å². The molecule has 27 heavy (non-hydrogen) atoms. The molecule has 1 saturated heterocycles. The lowest BCUT2D eigenvalue weighted by molar-refractivity contribution is 0.0388. The van der Waals surface area contributed by atoms with Gasteiger partial charge in [-0.1, -0.05) is 6.07 Å². The summed E-state index contributed by atoms with van der Waals surface area (Å²) >= 11 is 1.79. The van der Waals surface area contributed by atoms with Crippen molar-refractivity contribution in [3.05, 3.63) is 54.4 Å². The van der Waals surface area contributed by atoms with Gasteiger partial charge in [-0.15, -0.1) is 11.8 Å². The first-order valence-electron chi connectivity index (χ1n) is 9.27. The number of morpholine rings is 1. The first-order chi connectivity index (χ1) is 13.3. The molecule has 0 saturated carbocycles. The number of pyridine rings is 1. The molecule has 0 aliphatic carbocycles. The molecule has 0 atom stereocenters. The summed E-state index contributed by atoms with van der Waals surface area (Å²) < 4.78 is 5.32. The molecule has 6 nitrogen and oxygen atoms in total. The minimum absolute atomic E-state index is 0.168. The summed E-state index contributed by atoms with van der Waals surface area (Å²) in [7, 11) is 0. The number of hydrogen-bond donors (Lipinski definition) is 2. The van der Waals surface area contributed by atoms with Crippen molar-refractivity contribution in [3.8, 4) is 0 Å². The van der Waals surface area contributed by atoms with E-state index in [2.05, 4.69) is 20.5 Å². The number of nitrogens with zero attached hydrogens (tertiary/aromatic N) is 2. The molecule has 3 rings (SSSR count). The first-order valence-corrected chi connectivity index (χ1v) is 10.3. The second kappa shape index (κ2) is 10.9. The van der Waals surface area contributed by atoms with Crippen molar-refractivity contribution < 1.29 is 9.53 Å². The molecule has 1 fully saturated rings. The number of benzene rings is 1. The normalized spacial score (nSPS) is 14.7. The third-order valence-corrected chi connectivity index (χ3v) is 5.30. The van der Waals surface area contributed by atoms with E-state index in [0.717, 1.165) is 56.4 Å². The average molecular weight is 387 g/mol. The van der Waals surface area contributed by atoms with Crippen LogP contribution in [0.25, 0.3) is 0 Å². The predicted molar refractivity (Wildman–Crippen MR) is 109 cm³/mol. The number of hydrogen-bond acceptors (Lipinski definition) is 5. The van der Waals surface area contributed by atoms with Gasteiger partial charge < -0.3 is 15.4 Å². The molecule has 0 spiro atoms. The van der Waals surface area contributed by atoms with Crippen LogP contribution in [0.3, 0.4) is 0 Å². The zero-order valence-electron chi connectivity index (χ0n) is 15.4. The Morgan fingerprint density at radius 1 is 1.15 bits per heavy atom. The summed E-state index contributed by atoms with van der Waals surface area (Å²) in [6, 6.07) is 13.8. The van der Waals surface area contributed by atoms with Gasteiger partial charge in [0.2, 0.25) is 0 Å². The molecule has 144 valence electrons. The topological polar surface area (TPSA) is 66.5 Å². The maximum absolute atomic E-state index is 12.0. The summed E-state index contributed by atoms with van der Waals surface area (Å²) in [4.78, 5) is 19.8. The molecule has 0 bridgehead atoms. The number of anilines is 1. The lowest BCUT2D eigenvalue weighted by atomic mass is 10.3. The third-order valence-electron chi connectivity index (χ3n) is 4.28. The van der Waals surface area contributed by atoms with Crippen molar-refractivity contribution in [2.24, 2.45) is 0 Å². The maximum Gasteiger partial charge on any atom is 0.319 e. The van der Waals surface area contributed by atoms with Crippen LogP contribution in [0.2, 0.25) is 0 Å². The Morgan fingerprint density at radius 2 is 1.96 bits per heavy atom. The third kappa shape index (κ3) is 7.21. The van der Waals surface area contributed by atoms with Crippen LogP contribution in [-0.2, 0) is 11.2 Å². The first kappa shape index (κ1) is 19.7. The van der Waals surface area contributed by atoms with Crippen molar-refractivity contribution in [1.82, 2.24) is 15.2 Å². The van der Waals surface area contributed by atoms with Crippen LogP contribution < -0.4 is 10.6 Å². The monoisotopic (exact) mass is 386 g/mol. The second-order valence-corrected chi connectivity index (χ2v) is 7.45. The zero-order valence-corrected chi connectivity index (χ0v) is 16.2. The number of aryl methyl sites for hydroxylation is 1. The van der Waals surface area contributed by atoms with E-state index in [9.17, 15) is 4.79 Å². The van der Waals surface area contributed by atoms with E-state index in [1.807, 2.05) is 48.7 Å². The highest BCUT2D eigenvalue weighted by atomic mass is 32.2. The number of amides is 2. The summed E-state index contributed by atoms with van der Waals surface area (Å²) in [6.45, 7) is 4.90. The van der Waals surface area contributed by atoms with E-state index in [1.54, 1.807) is 11.8 Å². The molecule has 2 amide bonds. The summed E-state index contributed by atoms with van der Waals surface area (Å²) in [5, 5.41) is 5.78. The molecule has 1 aliphatic heterocycles. The van der Waals surface area contributed by atoms with Crippen LogP contribution in [0.15, 0.2) is 53.6 Å². The van der Waals surface area contributed by atoms with E-state index < -0.39 is 0 Å². The zero-order chi connectivity index (χ0) is 18.7. The number of aromatic nitrogens is 1. The van der Waals surface area contributed by atoms with Crippen molar-refractivity contribution >= 4 is 23.5 Å². The Bertz CT molecular complexity index is 691.